The quantitative estimate of drug-likeness (QED) is 0.665. The summed E-state index contributed by atoms with van der Waals surface area (Å²) in [6.07, 6.45) is 1.20. The average Bonchev–Trinajstić information content (AvgIpc) is 2.09. The molecule has 0 bridgehead atoms. The van der Waals surface area contributed by atoms with Crippen LogP contribution in [-0.2, 0) is 0 Å². The minimum absolute atomic E-state index is 0.232. The fraction of sp³-hybridized carbons (Fsp3) is 1.00. The third kappa shape index (κ3) is 3.25. The van der Waals surface area contributed by atoms with Crippen molar-refractivity contribution in [2.45, 2.75) is 32.4 Å². The summed E-state index contributed by atoms with van der Waals surface area (Å²) in [6.45, 7) is 6.87. The van der Waals surface area contributed by atoms with Gasteiger partial charge in [-0.25, -0.2) is 0 Å². The Morgan fingerprint density at radius 3 is 2.85 bits per heavy atom. The molecule has 0 spiro atoms. The van der Waals surface area contributed by atoms with E-state index in [0.717, 1.165) is 6.54 Å². The molecule has 1 aliphatic rings. The number of hydrogen-bond donors (Lipinski definition) is 2. The summed E-state index contributed by atoms with van der Waals surface area (Å²) in [4.78, 5) is 2.37. The van der Waals surface area contributed by atoms with Crippen LogP contribution in [0.3, 0.4) is 0 Å². The lowest BCUT2D eigenvalue weighted by molar-refractivity contribution is 0.152. The Hall–Kier alpha value is -0.120. The Balaban J connectivity index is 2.33. The molecule has 0 amide bonds. The van der Waals surface area contributed by atoms with E-state index in [1.165, 1.54) is 13.0 Å². The van der Waals surface area contributed by atoms with Crippen LogP contribution in [0.5, 0.6) is 0 Å². The molecule has 0 aromatic carbocycles. The molecule has 1 aliphatic heterocycles. The van der Waals surface area contributed by atoms with E-state index in [0.29, 0.717) is 12.0 Å². The number of aliphatic hydroxyl groups excluding tert-OH is 1. The predicted molar refractivity (Wildman–Crippen MR) is 54.7 cm³/mol. The van der Waals surface area contributed by atoms with Gasteiger partial charge in [-0.3, -0.25) is 0 Å². The number of nitrogens with zero attached hydrogens (tertiary/aromatic N) is 1. The molecule has 1 rings (SSSR count). The first-order valence-electron chi connectivity index (χ1n) is 5.19. The fourth-order valence-electron chi connectivity index (χ4n) is 2.02. The van der Waals surface area contributed by atoms with E-state index in [4.69, 9.17) is 5.11 Å². The van der Waals surface area contributed by atoms with Crippen molar-refractivity contribution >= 4 is 0 Å². The first kappa shape index (κ1) is 11.0. The molecule has 0 aliphatic carbocycles. The Morgan fingerprint density at radius 2 is 2.31 bits per heavy atom. The van der Waals surface area contributed by atoms with Crippen molar-refractivity contribution < 1.29 is 5.11 Å². The van der Waals surface area contributed by atoms with Crippen LogP contribution in [0, 0.1) is 5.92 Å². The number of hydrogen-bond acceptors (Lipinski definition) is 3. The van der Waals surface area contributed by atoms with Crippen molar-refractivity contribution in [2.75, 3.05) is 26.7 Å². The summed E-state index contributed by atoms with van der Waals surface area (Å²) in [5.74, 6) is 0.688. The summed E-state index contributed by atoms with van der Waals surface area (Å²) in [6, 6.07) is 0.814. The summed E-state index contributed by atoms with van der Waals surface area (Å²) in [5.41, 5.74) is 0. The number of nitrogens with one attached hydrogen (secondary N) is 1. The fourth-order valence-corrected chi connectivity index (χ4v) is 2.02. The summed E-state index contributed by atoms with van der Waals surface area (Å²) >= 11 is 0. The maximum atomic E-state index is 8.93. The Bertz CT molecular complexity index is 152. The molecule has 0 aromatic heterocycles. The number of aliphatic hydroxyl groups is 1. The molecule has 3 atom stereocenters. The first-order chi connectivity index (χ1) is 6.13. The van der Waals surface area contributed by atoms with E-state index in [1.54, 1.807) is 0 Å². The van der Waals surface area contributed by atoms with Gasteiger partial charge in [0.05, 0.1) is 6.61 Å². The van der Waals surface area contributed by atoms with Gasteiger partial charge in [0.1, 0.15) is 0 Å². The van der Waals surface area contributed by atoms with Crippen LogP contribution < -0.4 is 5.32 Å². The zero-order valence-corrected chi connectivity index (χ0v) is 8.95. The van der Waals surface area contributed by atoms with Gasteiger partial charge in [-0.2, -0.15) is 0 Å². The molecule has 13 heavy (non-hydrogen) atoms. The van der Waals surface area contributed by atoms with Crippen LogP contribution in [0.1, 0.15) is 20.3 Å². The van der Waals surface area contributed by atoms with Gasteiger partial charge in [-0.15, -0.1) is 0 Å². The monoisotopic (exact) mass is 186 g/mol. The van der Waals surface area contributed by atoms with Gasteiger partial charge < -0.3 is 15.3 Å². The minimum Gasteiger partial charge on any atom is -0.395 e. The molecule has 2 N–H and O–H groups in total. The van der Waals surface area contributed by atoms with E-state index < -0.39 is 0 Å². The standard InChI is InChI=1S/C10H22N2O/c1-8-6-12(3)5-4-10(8)11-9(2)7-13/h8-11,13H,4-7H2,1-3H3/t8?,9-,10?/m0/s1. The van der Waals surface area contributed by atoms with Crippen LogP contribution >= 0.6 is 0 Å². The average molecular weight is 186 g/mol. The SMILES string of the molecule is CC1CN(C)CCC1N[C@@H](C)CO. The van der Waals surface area contributed by atoms with E-state index in [1.807, 2.05) is 6.92 Å². The minimum atomic E-state index is 0.232. The maximum Gasteiger partial charge on any atom is 0.0582 e. The smallest absolute Gasteiger partial charge is 0.0582 e. The second-order valence-corrected chi connectivity index (χ2v) is 4.38. The maximum absolute atomic E-state index is 8.93. The predicted octanol–water partition coefficient (Wildman–Crippen LogP) is 0.297. The molecule has 1 saturated heterocycles. The van der Waals surface area contributed by atoms with E-state index >= 15 is 0 Å². The van der Waals surface area contributed by atoms with E-state index in [2.05, 4.69) is 24.2 Å². The van der Waals surface area contributed by atoms with Crippen LogP contribution in [-0.4, -0.2) is 48.8 Å². The molecular formula is C10H22N2O. The van der Waals surface area contributed by atoms with Crippen molar-refractivity contribution in [3.63, 3.8) is 0 Å². The molecule has 0 radical (unpaired) electrons. The molecule has 1 heterocycles. The van der Waals surface area contributed by atoms with Crippen molar-refractivity contribution in [2.24, 2.45) is 5.92 Å². The van der Waals surface area contributed by atoms with Gasteiger partial charge >= 0.3 is 0 Å². The van der Waals surface area contributed by atoms with Crippen LogP contribution in [0.2, 0.25) is 0 Å². The van der Waals surface area contributed by atoms with E-state index in [-0.39, 0.29) is 12.6 Å². The summed E-state index contributed by atoms with van der Waals surface area (Å²) in [7, 11) is 2.17. The van der Waals surface area contributed by atoms with Crippen LogP contribution in [0.25, 0.3) is 0 Å². The topological polar surface area (TPSA) is 35.5 Å². The largest absolute Gasteiger partial charge is 0.395 e. The normalized spacial score (nSPS) is 33.2. The second-order valence-electron chi connectivity index (χ2n) is 4.38. The Morgan fingerprint density at radius 1 is 1.62 bits per heavy atom. The number of rotatable bonds is 3. The summed E-state index contributed by atoms with van der Waals surface area (Å²) < 4.78 is 0. The van der Waals surface area contributed by atoms with Gasteiger partial charge in [-0.05, 0) is 32.9 Å². The first-order valence-corrected chi connectivity index (χ1v) is 5.19. The van der Waals surface area contributed by atoms with Crippen molar-refractivity contribution in [1.29, 1.82) is 0 Å². The highest BCUT2D eigenvalue weighted by atomic mass is 16.3. The summed E-state index contributed by atoms with van der Waals surface area (Å²) in [5, 5.41) is 12.4. The second kappa shape index (κ2) is 4.94. The Labute approximate surface area is 81.1 Å². The van der Waals surface area contributed by atoms with Gasteiger partial charge in [-0.1, -0.05) is 6.92 Å². The zero-order chi connectivity index (χ0) is 9.84. The van der Waals surface area contributed by atoms with Gasteiger partial charge in [0.15, 0.2) is 0 Å². The highest BCUT2D eigenvalue weighted by Gasteiger charge is 2.24. The van der Waals surface area contributed by atoms with Gasteiger partial charge in [0.2, 0.25) is 0 Å². The van der Waals surface area contributed by atoms with Crippen LogP contribution in [0.4, 0.5) is 0 Å². The third-order valence-electron chi connectivity index (χ3n) is 2.88. The molecule has 3 nitrogen and oxygen atoms in total. The lowest BCUT2D eigenvalue weighted by Gasteiger charge is -2.36. The molecule has 1 fully saturated rings. The Kier molecular flexibility index (Phi) is 4.16. The molecule has 78 valence electrons. The molecule has 0 aromatic rings. The number of likely N-dealkylation sites (tertiary alicyclic amines) is 1. The molecular weight excluding hydrogens is 164 g/mol. The third-order valence-corrected chi connectivity index (χ3v) is 2.88. The lowest BCUT2D eigenvalue weighted by atomic mass is 9.93. The van der Waals surface area contributed by atoms with Crippen molar-refractivity contribution in [1.82, 2.24) is 10.2 Å². The molecule has 0 saturated carbocycles. The zero-order valence-electron chi connectivity index (χ0n) is 8.95. The van der Waals surface area contributed by atoms with Gasteiger partial charge in [0, 0.05) is 18.6 Å². The highest BCUT2D eigenvalue weighted by Crippen LogP contribution is 2.15. The lowest BCUT2D eigenvalue weighted by Crippen LogP contribution is -2.50. The van der Waals surface area contributed by atoms with E-state index in [9.17, 15) is 0 Å². The molecule has 2 unspecified atom stereocenters. The molecule has 3 heteroatoms. The van der Waals surface area contributed by atoms with Crippen molar-refractivity contribution in [3.8, 4) is 0 Å². The van der Waals surface area contributed by atoms with Crippen LogP contribution in [0.15, 0.2) is 0 Å². The highest BCUT2D eigenvalue weighted by molar-refractivity contribution is 4.83. The van der Waals surface area contributed by atoms with Crippen molar-refractivity contribution in [3.05, 3.63) is 0 Å². The van der Waals surface area contributed by atoms with Gasteiger partial charge in [0.25, 0.3) is 0 Å². The number of piperidine rings is 1.